The smallest absolute Gasteiger partial charge is 0.387 e. The number of hydrogen-bond donors (Lipinski definition) is 3. The van der Waals surface area contributed by atoms with Crippen molar-refractivity contribution in [3.63, 3.8) is 0 Å². The third-order valence-electron chi connectivity index (χ3n) is 6.51. The van der Waals surface area contributed by atoms with Gasteiger partial charge in [0.1, 0.15) is 13.2 Å². The number of unbranched alkanes of at least 4 members (excludes halogenated alkanes) is 13. The van der Waals surface area contributed by atoms with E-state index in [0.717, 1.165) is 44.9 Å². The molecule has 0 aliphatic heterocycles. The van der Waals surface area contributed by atoms with Crippen LogP contribution in [0.3, 0.4) is 0 Å². The molecule has 0 aromatic carbocycles. The normalized spacial score (nSPS) is 15.4. The molecule has 0 aliphatic carbocycles. The number of phosphoric acid groups is 1. The highest BCUT2D eigenvalue weighted by molar-refractivity contribution is 7.47. The monoisotopic (exact) mass is 563 g/mol. The zero-order valence-electron chi connectivity index (χ0n) is 25.2. The van der Waals surface area contributed by atoms with Gasteiger partial charge in [-0.1, -0.05) is 103 Å². The zero-order valence-corrected chi connectivity index (χ0v) is 26.1. The minimum Gasteiger partial charge on any atom is -0.387 e. The standard InChI is InChI=1S/C29H59N2O6P/c1-6-8-10-12-13-14-15-16-17-18-19-20-22-28(32)27(30-29(33)23-21-11-9-7-2)26-37-38(34,35)36-25-24-31(3,4)5/h20,22,27-28,32H,6-19,21,23-26H2,1-5H3,(H-,30,33,34,35)/p+1/b22-20+. The maximum Gasteiger partial charge on any atom is 0.472 e. The lowest BCUT2D eigenvalue weighted by molar-refractivity contribution is -0.870. The Labute approximate surface area is 233 Å². The Balaban J connectivity index is 4.58. The number of carbonyl (C=O) groups is 1. The number of nitrogens with one attached hydrogen (secondary N) is 1. The second-order valence-electron chi connectivity index (χ2n) is 11.5. The quantitative estimate of drug-likeness (QED) is 0.0480. The molecule has 0 aromatic rings. The summed E-state index contributed by atoms with van der Waals surface area (Å²) in [6, 6.07) is -0.833. The first-order valence-electron chi connectivity index (χ1n) is 15.1. The summed E-state index contributed by atoms with van der Waals surface area (Å²) in [4.78, 5) is 22.5. The first kappa shape index (κ1) is 37.2. The van der Waals surface area contributed by atoms with Gasteiger partial charge in [0.2, 0.25) is 5.91 Å². The van der Waals surface area contributed by atoms with Crippen LogP contribution in [0.15, 0.2) is 12.2 Å². The fraction of sp³-hybridized carbons (Fsp3) is 0.897. The molecule has 3 N–H and O–H groups in total. The summed E-state index contributed by atoms with van der Waals surface area (Å²) in [7, 11) is 1.56. The van der Waals surface area contributed by atoms with Crippen LogP contribution in [0.5, 0.6) is 0 Å². The molecule has 226 valence electrons. The maximum atomic E-state index is 12.4. The number of aliphatic hydroxyl groups is 1. The summed E-state index contributed by atoms with van der Waals surface area (Å²) in [6.07, 6.45) is 20.3. The molecule has 0 aliphatic rings. The van der Waals surface area contributed by atoms with Crippen LogP contribution in [0, 0.1) is 0 Å². The average Bonchev–Trinajstić information content (AvgIpc) is 2.84. The predicted octanol–water partition coefficient (Wildman–Crippen LogP) is 6.51. The van der Waals surface area contributed by atoms with Crippen LogP contribution in [0.25, 0.3) is 0 Å². The van der Waals surface area contributed by atoms with E-state index in [1.165, 1.54) is 51.4 Å². The summed E-state index contributed by atoms with van der Waals surface area (Å²) in [6.45, 7) is 4.64. The highest BCUT2D eigenvalue weighted by Gasteiger charge is 2.27. The Morgan fingerprint density at radius 1 is 0.868 bits per heavy atom. The average molecular weight is 564 g/mol. The third-order valence-corrected chi connectivity index (χ3v) is 7.49. The number of carbonyl (C=O) groups excluding carboxylic acids is 1. The largest absolute Gasteiger partial charge is 0.472 e. The molecule has 0 bridgehead atoms. The van der Waals surface area contributed by atoms with Crippen LogP contribution in [-0.4, -0.2) is 73.4 Å². The van der Waals surface area contributed by atoms with Crippen molar-refractivity contribution in [3.05, 3.63) is 12.2 Å². The van der Waals surface area contributed by atoms with Gasteiger partial charge in [-0.25, -0.2) is 4.57 Å². The van der Waals surface area contributed by atoms with E-state index in [9.17, 15) is 19.4 Å². The Bertz CT molecular complexity index is 653. The fourth-order valence-electron chi connectivity index (χ4n) is 3.98. The number of hydrogen-bond acceptors (Lipinski definition) is 5. The van der Waals surface area contributed by atoms with E-state index in [-0.39, 0.29) is 19.1 Å². The van der Waals surface area contributed by atoms with Gasteiger partial charge in [-0.3, -0.25) is 13.8 Å². The van der Waals surface area contributed by atoms with Crippen molar-refractivity contribution >= 4 is 13.7 Å². The van der Waals surface area contributed by atoms with Crippen molar-refractivity contribution in [2.45, 2.75) is 129 Å². The van der Waals surface area contributed by atoms with Gasteiger partial charge in [-0.05, 0) is 19.3 Å². The van der Waals surface area contributed by atoms with Crippen LogP contribution in [0.2, 0.25) is 0 Å². The topological polar surface area (TPSA) is 105 Å². The number of aliphatic hydroxyl groups excluding tert-OH is 1. The van der Waals surface area contributed by atoms with E-state index < -0.39 is 20.0 Å². The molecule has 38 heavy (non-hydrogen) atoms. The van der Waals surface area contributed by atoms with E-state index in [4.69, 9.17) is 9.05 Å². The lowest BCUT2D eigenvalue weighted by Gasteiger charge is -2.25. The lowest BCUT2D eigenvalue weighted by Crippen LogP contribution is -2.45. The van der Waals surface area contributed by atoms with Crippen molar-refractivity contribution in [1.29, 1.82) is 0 Å². The first-order chi connectivity index (χ1) is 18.0. The molecule has 0 spiro atoms. The van der Waals surface area contributed by atoms with Gasteiger partial charge in [-0.2, -0.15) is 0 Å². The van der Waals surface area contributed by atoms with Crippen molar-refractivity contribution in [1.82, 2.24) is 5.32 Å². The van der Waals surface area contributed by atoms with Crippen LogP contribution >= 0.6 is 7.82 Å². The molecular weight excluding hydrogens is 503 g/mol. The Morgan fingerprint density at radius 3 is 1.95 bits per heavy atom. The molecule has 0 saturated carbocycles. The molecule has 0 saturated heterocycles. The third kappa shape index (κ3) is 24.3. The van der Waals surface area contributed by atoms with Gasteiger partial charge >= 0.3 is 7.82 Å². The van der Waals surface area contributed by atoms with Gasteiger partial charge in [0.15, 0.2) is 0 Å². The number of phosphoric ester groups is 1. The molecule has 3 atom stereocenters. The highest BCUT2D eigenvalue weighted by Crippen LogP contribution is 2.43. The fourth-order valence-corrected chi connectivity index (χ4v) is 4.71. The molecule has 8 nitrogen and oxygen atoms in total. The second-order valence-corrected chi connectivity index (χ2v) is 12.9. The summed E-state index contributed by atoms with van der Waals surface area (Å²) < 4.78 is 23.1. The van der Waals surface area contributed by atoms with Crippen molar-refractivity contribution < 1.29 is 32.9 Å². The van der Waals surface area contributed by atoms with Crippen molar-refractivity contribution in [3.8, 4) is 0 Å². The number of quaternary nitrogens is 1. The van der Waals surface area contributed by atoms with Crippen LogP contribution < -0.4 is 5.32 Å². The second kappa shape index (κ2) is 23.0. The Hall–Kier alpha value is -0.760. The molecule has 0 rings (SSSR count). The predicted molar refractivity (Wildman–Crippen MR) is 157 cm³/mol. The molecule has 0 radical (unpaired) electrons. The van der Waals surface area contributed by atoms with Gasteiger partial charge in [0, 0.05) is 6.42 Å². The Morgan fingerprint density at radius 2 is 1.39 bits per heavy atom. The number of rotatable bonds is 26. The highest BCUT2D eigenvalue weighted by atomic mass is 31.2. The zero-order chi connectivity index (χ0) is 28.7. The molecular formula is C29H60N2O6P+. The SMILES string of the molecule is CCCCCCCCCCCC/C=C/C(O)C(COP(=O)(O)OCC[N+](C)(C)C)NC(=O)CCCCCC. The summed E-state index contributed by atoms with van der Waals surface area (Å²) >= 11 is 0. The van der Waals surface area contributed by atoms with Crippen LogP contribution in [0.4, 0.5) is 0 Å². The van der Waals surface area contributed by atoms with E-state index in [0.29, 0.717) is 17.4 Å². The lowest BCUT2D eigenvalue weighted by atomic mass is 10.1. The van der Waals surface area contributed by atoms with Gasteiger partial charge in [0.25, 0.3) is 0 Å². The molecule has 0 aromatic heterocycles. The number of nitrogens with zero attached hydrogens (tertiary/aromatic N) is 1. The molecule has 1 amide bonds. The maximum absolute atomic E-state index is 12.4. The first-order valence-corrected chi connectivity index (χ1v) is 16.6. The van der Waals surface area contributed by atoms with Gasteiger partial charge in [0.05, 0.1) is 39.9 Å². The van der Waals surface area contributed by atoms with Gasteiger partial charge < -0.3 is 19.8 Å². The molecule has 0 heterocycles. The molecule has 3 unspecified atom stereocenters. The van der Waals surface area contributed by atoms with Crippen LogP contribution in [-0.2, 0) is 18.4 Å². The van der Waals surface area contributed by atoms with E-state index in [2.05, 4.69) is 19.2 Å². The van der Waals surface area contributed by atoms with Crippen LogP contribution in [0.1, 0.15) is 117 Å². The molecule has 0 fully saturated rings. The summed E-state index contributed by atoms with van der Waals surface area (Å²) in [5, 5.41) is 13.5. The van der Waals surface area contributed by atoms with Crippen molar-refractivity contribution in [2.75, 3.05) is 40.9 Å². The minimum absolute atomic E-state index is 0.0625. The van der Waals surface area contributed by atoms with E-state index in [1.807, 2.05) is 27.2 Å². The number of allylic oxidation sites excluding steroid dienone is 1. The minimum atomic E-state index is -4.30. The van der Waals surface area contributed by atoms with Gasteiger partial charge in [-0.15, -0.1) is 0 Å². The number of likely N-dealkylation sites (N-methyl/N-ethyl adjacent to an activating group) is 1. The Kier molecular flexibility index (Phi) is 22.5. The van der Waals surface area contributed by atoms with E-state index >= 15 is 0 Å². The van der Waals surface area contributed by atoms with E-state index in [1.54, 1.807) is 6.08 Å². The molecule has 9 heteroatoms. The summed E-state index contributed by atoms with van der Waals surface area (Å²) in [5.74, 6) is -0.199. The summed E-state index contributed by atoms with van der Waals surface area (Å²) in [5.41, 5.74) is 0. The number of amides is 1. The van der Waals surface area contributed by atoms with Crippen molar-refractivity contribution in [2.24, 2.45) is 0 Å².